The number of aromatic nitrogens is 3. The maximum absolute atomic E-state index is 12.9. The van der Waals surface area contributed by atoms with Gasteiger partial charge in [0.25, 0.3) is 5.56 Å². The number of imidazole rings is 1. The molecule has 0 radical (unpaired) electrons. The number of rotatable bonds is 2. The van der Waals surface area contributed by atoms with Crippen LogP contribution in [0.3, 0.4) is 0 Å². The molecule has 124 valence electrons. The van der Waals surface area contributed by atoms with Gasteiger partial charge in [0, 0.05) is 11.1 Å². The highest BCUT2D eigenvalue weighted by Gasteiger charge is 2.19. The number of hydrogen-bond donors (Lipinski definition) is 1. The smallest absolute Gasteiger partial charge is 0.275 e. The normalized spacial score (nSPS) is 11.2. The molecule has 0 aliphatic rings. The largest absolute Gasteiger partial charge is 0.319 e. The van der Waals surface area contributed by atoms with E-state index in [0.29, 0.717) is 11.2 Å². The Hall–Kier alpha value is -3.66. The lowest BCUT2D eigenvalue weighted by atomic mass is 10.1. The summed E-state index contributed by atoms with van der Waals surface area (Å²) in [6.07, 6.45) is 0. The molecule has 0 unspecified atom stereocenters. The summed E-state index contributed by atoms with van der Waals surface area (Å²) in [6.45, 7) is 0. The lowest BCUT2D eigenvalue weighted by Gasteiger charge is -2.06. The molecular formula is C22H15N3O. The Balaban J connectivity index is 2.00. The summed E-state index contributed by atoms with van der Waals surface area (Å²) < 4.78 is 1.96. The molecule has 0 aliphatic heterocycles. The Labute approximate surface area is 149 Å². The van der Waals surface area contributed by atoms with Crippen molar-refractivity contribution in [3.63, 3.8) is 0 Å². The third-order valence-corrected chi connectivity index (χ3v) is 4.56. The summed E-state index contributed by atoms with van der Waals surface area (Å²) in [5.41, 5.74) is 4.73. The summed E-state index contributed by atoms with van der Waals surface area (Å²) >= 11 is 0. The van der Waals surface area contributed by atoms with Gasteiger partial charge < -0.3 is 4.98 Å². The van der Waals surface area contributed by atoms with E-state index in [0.717, 1.165) is 28.0 Å². The number of hydrogen-bond acceptors (Lipinski definition) is 2. The van der Waals surface area contributed by atoms with Crippen molar-refractivity contribution in [3.05, 3.63) is 95.3 Å². The minimum atomic E-state index is -0.141. The third kappa shape index (κ3) is 2.16. The van der Waals surface area contributed by atoms with Crippen LogP contribution in [0.25, 0.3) is 39.2 Å². The number of nitrogens with zero attached hydrogens (tertiary/aromatic N) is 2. The summed E-state index contributed by atoms with van der Waals surface area (Å²) in [4.78, 5) is 20.8. The van der Waals surface area contributed by atoms with Crippen molar-refractivity contribution < 1.29 is 0 Å². The van der Waals surface area contributed by atoms with E-state index in [9.17, 15) is 4.79 Å². The Bertz CT molecular complexity index is 1290. The van der Waals surface area contributed by atoms with E-state index < -0.39 is 0 Å². The van der Waals surface area contributed by atoms with Gasteiger partial charge >= 0.3 is 0 Å². The first-order chi connectivity index (χ1) is 12.8. The molecule has 26 heavy (non-hydrogen) atoms. The average Bonchev–Trinajstić information content (AvgIpc) is 3.11. The van der Waals surface area contributed by atoms with Crippen LogP contribution in [-0.2, 0) is 0 Å². The molecule has 5 rings (SSSR count). The van der Waals surface area contributed by atoms with E-state index >= 15 is 0 Å². The van der Waals surface area contributed by atoms with Gasteiger partial charge in [-0.05, 0) is 12.1 Å². The van der Waals surface area contributed by atoms with Crippen LogP contribution in [0.1, 0.15) is 0 Å². The standard InChI is InChI=1S/C22H15N3O/c26-22-20-19(15-9-3-1-4-10-15)24-21(16-11-5-2-6-12-16)25(20)18-14-8-7-13-17(18)23-22/h1-14H,(H,23,26). The predicted molar refractivity (Wildman–Crippen MR) is 104 cm³/mol. The van der Waals surface area contributed by atoms with Crippen LogP contribution in [0.15, 0.2) is 89.7 Å². The van der Waals surface area contributed by atoms with Crippen LogP contribution in [0, 0.1) is 0 Å². The monoisotopic (exact) mass is 337 g/mol. The zero-order valence-electron chi connectivity index (χ0n) is 13.9. The molecule has 0 atom stereocenters. The van der Waals surface area contributed by atoms with E-state index in [2.05, 4.69) is 4.98 Å². The van der Waals surface area contributed by atoms with E-state index in [-0.39, 0.29) is 5.56 Å². The minimum absolute atomic E-state index is 0.141. The zero-order valence-corrected chi connectivity index (χ0v) is 13.9. The molecule has 0 saturated carbocycles. The highest BCUT2D eigenvalue weighted by molar-refractivity contribution is 5.88. The van der Waals surface area contributed by atoms with Crippen LogP contribution < -0.4 is 5.56 Å². The molecule has 0 bridgehead atoms. The van der Waals surface area contributed by atoms with Crippen LogP contribution in [-0.4, -0.2) is 14.4 Å². The summed E-state index contributed by atoms with van der Waals surface area (Å²) in [5.74, 6) is 0.766. The van der Waals surface area contributed by atoms with Gasteiger partial charge in [-0.1, -0.05) is 72.8 Å². The van der Waals surface area contributed by atoms with Crippen LogP contribution >= 0.6 is 0 Å². The quantitative estimate of drug-likeness (QED) is 0.515. The molecule has 0 aliphatic carbocycles. The minimum Gasteiger partial charge on any atom is -0.319 e. The number of benzene rings is 3. The third-order valence-electron chi connectivity index (χ3n) is 4.56. The van der Waals surface area contributed by atoms with Gasteiger partial charge in [0.2, 0.25) is 0 Å². The van der Waals surface area contributed by atoms with Crippen LogP contribution in [0.5, 0.6) is 0 Å². The second-order valence-corrected chi connectivity index (χ2v) is 6.17. The summed E-state index contributed by atoms with van der Waals surface area (Å²) in [7, 11) is 0. The Kier molecular flexibility index (Phi) is 3.22. The topological polar surface area (TPSA) is 50.2 Å². The molecule has 0 amide bonds. The van der Waals surface area contributed by atoms with Crippen molar-refractivity contribution in [2.75, 3.05) is 0 Å². The lowest BCUT2D eigenvalue weighted by Crippen LogP contribution is -2.11. The first-order valence-electron chi connectivity index (χ1n) is 8.47. The molecule has 0 spiro atoms. The molecule has 0 saturated heterocycles. The van der Waals surface area contributed by atoms with E-state index in [1.54, 1.807) is 0 Å². The molecule has 3 aromatic carbocycles. The van der Waals surface area contributed by atoms with Gasteiger partial charge in [-0.3, -0.25) is 9.20 Å². The molecule has 4 nitrogen and oxygen atoms in total. The maximum atomic E-state index is 12.9. The summed E-state index contributed by atoms with van der Waals surface area (Å²) in [5, 5.41) is 0. The first-order valence-corrected chi connectivity index (χ1v) is 8.47. The van der Waals surface area contributed by atoms with Gasteiger partial charge in [0.15, 0.2) is 0 Å². The second kappa shape index (κ2) is 5.70. The molecular weight excluding hydrogens is 322 g/mol. The van der Waals surface area contributed by atoms with E-state index in [1.807, 2.05) is 89.3 Å². The second-order valence-electron chi connectivity index (χ2n) is 6.17. The van der Waals surface area contributed by atoms with Gasteiger partial charge in [0.05, 0.1) is 11.0 Å². The van der Waals surface area contributed by atoms with E-state index in [1.165, 1.54) is 0 Å². The maximum Gasteiger partial charge on any atom is 0.275 e. The van der Waals surface area contributed by atoms with Crippen molar-refractivity contribution in [1.82, 2.24) is 14.4 Å². The SMILES string of the molecule is O=c1[nH]c2ccccc2n2c(-c3ccccc3)nc(-c3ccccc3)c12. The van der Waals surface area contributed by atoms with Crippen molar-refractivity contribution in [3.8, 4) is 22.6 Å². The first kappa shape index (κ1) is 14.7. The molecule has 0 fully saturated rings. The molecule has 2 aromatic heterocycles. The Morgan fingerprint density at radius 2 is 1.35 bits per heavy atom. The number of nitrogens with one attached hydrogen (secondary N) is 1. The predicted octanol–water partition coefficient (Wildman–Crippen LogP) is 4.51. The van der Waals surface area contributed by atoms with Crippen molar-refractivity contribution in [1.29, 1.82) is 0 Å². The van der Waals surface area contributed by atoms with Crippen molar-refractivity contribution in [2.45, 2.75) is 0 Å². The number of fused-ring (bicyclic) bond motifs is 3. The van der Waals surface area contributed by atoms with E-state index in [4.69, 9.17) is 4.98 Å². The molecule has 4 heteroatoms. The Morgan fingerprint density at radius 1 is 0.731 bits per heavy atom. The van der Waals surface area contributed by atoms with Gasteiger partial charge in [-0.15, -0.1) is 0 Å². The molecule has 1 N–H and O–H groups in total. The van der Waals surface area contributed by atoms with Gasteiger partial charge in [-0.2, -0.15) is 0 Å². The van der Waals surface area contributed by atoms with Gasteiger partial charge in [0.1, 0.15) is 17.0 Å². The molecule has 2 heterocycles. The fraction of sp³-hybridized carbons (Fsp3) is 0. The average molecular weight is 337 g/mol. The number of H-pyrrole nitrogens is 1. The highest BCUT2D eigenvalue weighted by Crippen LogP contribution is 2.30. The lowest BCUT2D eigenvalue weighted by molar-refractivity contribution is 1.17. The summed E-state index contributed by atoms with van der Waals surface area (Å²) in [6, 6.07) is 27.6. The fourth-order valence-corrected chi connectivity index (χ4v) is 3.40. The van der Waals surface area contributed by atoms with Crippen LogP contribution in [0.4, 0.5) is 0 Å². The van der Waals surface area contributed by atoms with Gasteiger partial charge in [-0.25, -0.2) is 4.98 Å². The fourth-order valence-electron chi connectivity index (χ4n) is 3.40. The Morgan fingerprint density at radius 3 is 2.08 bits per heavy atom. The van der Waals surface area contributed by atoms with Crippen molar-refractivity contribution in [2.24, 2.45) is 0 Å². The number of para-hydroxylation sites is 2. The highest BCUT2D eigenvalue weighted by atomic mass is 16.1. The van der Waals surface area contributed by atoms with Crippen molar-refractivity contribution >= 4 is 16.6 Å². The van der Waals surface area contributed by atoms with Crippen LogP contribution in [0.2, 0.25) is 0 Å². The zero-order chi connectivity index (χ0) is 17.5. The molecule has 5 aromatic rings. The number of aromatic amines is 1.